The van der Waals surface area contributed by atoms with Gasteiger partial charge in [-0.15, -0.1) is 0 Å². The van der Waals surface area contributed by atoms with E-state index in [1.54, 1.807) is 12.4 Å². The maximum absolute atomic E-state index is 12.1. The second kappa shape index (κ2) is 6.99. The van der Waals surface area contributed by atoms with Crippen molar-refractivity contribution < 1.29 is 4.79 Å². The van der Waals surface area contributed by atoms with Gasteiger partial charge in [0.05, 0.1) is 10.5 Å². The van der Waals surface area contributed by atoms with E-state index in [0.717, 1.165) is 30.4 Å². The number of nitrogens with two attached hydrogens (primary N) is 1. The molecule has 1 fully saturated rings. The number of anilines is 1. The van der Waals surface area contributed by atoms with Gasteiger partial charge < -0.3 is 15.5 Å². The van der Waals surface area contributed by atoms with Gasteiger partial charge in [-0.25, -0.2) is 9.97 Å². The quantitative estimate of drug-likeness (QED) is 0.884. The molecular formula is C13H20BrN5O. The SMILES string of the molecule is CCC[C@H](N)C(=O)N1CCN(c2ncc(Br)cn2)CC1. The van der Waals surface area contributed by atoms with Crippen molar-refractivity contribution in [2.75, 3.05) is 31.1 Å². The summed E-state index contributed by atoms with van der Waals surface area (Å²) in [5.41, 5.74) is 5.89. The highest BCUT2D eigenvalue weighted by Crippen LogP contribution is 2.14. The summed E-state index contributed by atoms with van der Waals surface area (Å²) in [5.74, 6) is 0.765. The zero-order valence-electron chi connectivity index (χ0n) is 11.6. The molecule has 7 heteroatoms. The number of aromatic nitrogens is 2. The Balaban J connectivity index is 1.89. The molecule has 1 aromatic rings. The summed E-state index contributed by atoms with van der Waals surface area (Å²) in [6.07, 6.45) is 5.14. The number of piperazine rings is 1. The Labute approximate surface area is 127 Å². The Morgan fingerprint density at radius 1 is 1.35 bits per heavy atom. The van der Waals surface area contributed by atoms with Gasteiger partial charge in [0.2, 0.25) is 11.9 Å². The number of hydrogen-bond donors (Lipinski definition) is 1. The van der Waals surface area contributed by atoms with Crippen LogP contribution in [0.15, 0.2) is 16.9 Å². The molecular weight excluding hydrogens is 322 g/mol. The second-order valence-electron chi connectivity index (χ2n) is 4.91. The molecule has 2 rings (SSSR count). The Hall–Kier alpha value is -1.21. The number of carbonyl (C=O) groups excluding carboxylic acids is 1. The third kappa shape index (κ3) is 3.67. The molecule has 0 radical (unpaired) electrons. The summed E-state index contributed by atoms with van der Waals surface area (Å²) in [6, 6.07) is -0.365. The van der Waals surface area contributed by atoms with Crippen molar-refractivity contribution in [2.45, 2.75) is 25.8 Å². The highest BCUT2D eigenvalue weighted by Gasteiger charge is 2.25. The van der Waals surface area contributed by atoms with Crippen molar-refractivity contribution in [2.24, 2.45) is 5.73 Å². The van der Waals surface area contributed by atoms with Gasteiger partial charge >= 0.3 is 0 Å². The molecule has 0 aliphatic carbocycles. The molecule has 1 aromatic heterocycles. The van der Waals surface area contributed by atoms with Crippen molar-refractivity contribution in [3.63, 3.8) is 0 Å². The molecule has 2 N–H and O–H groups in total. The Morgan fingerprint density at radius 2 is 1.95 bits per heavy atom. The van der Waals surface area contributed by atoms with Crippen molar-refractivity contribution in [3.8, 4) is 0 Å². The molecule has 0 aromatic carbocycles. The summed E-state index contributed by atoms with van der Waals surface area (Å²) >= 11 is 3.32. The molecule has 1 aliphatic heterocycles. The van der Waals surface area contributed by atoms with Crippen LogP contribution in [0.25, 0.3) is 0 Å². The van der Waals surface area contributed by atoms with Gasteiger partial charge in [-0.1, -0.05) is 13.3 Å². The first kappa shape index (κ1) is 15.2. The first-order valence-electron chi connectivity index (χ1n) is 6.88. The predicted molar refractivity (Wildman–Crippen MR) is 81.4 cm³/mol. The second-order valence-corrected chi connectivity index (χ2v) is 5.82. The molecule has 110 valence electrons. The molecule has 1 saturated heterocycles. The standard InChI is InChI=1S/C13H20BrN5O/c1-2-3-11(15)12(20)18-4-6-19(7-5-18)13-16-8-10(14)9-17-13/h8-9,11H,2-7,15H2,1H3/t11-/m0/s1. The number of nitrogens with zero attached hydrogens (tertiary/aromatic N) is 4. The van der Waals surface area contributed by atoms with Crippen LogP contribution >= 0.6 is 15.9 Å². The minimum Gasteiger partial charge on any atom is -0.338 e. The van der Waals surface area contributed by atoms with Gasteiger partial charge in [-0.05, 0) is 22.4 Å². The summed E-state index contributed by atoms with van der Waals surface area (Å²) in [6.45, 7) is 4.87. The largest absolute Gasteiger partial charge is 0.338 e. The predicted octanol–water partition coefficient (Wildman–Crippen LogP) is 1.02. The van der Waals surface area contributed by atoms with Gasteiger partial charge in [0.15, 0.2) is 0 Å². The first-order valence-corrected chi connectivity index (χ1v) is 7.68. The molecule has 0 saturated carbocycles. The fourth-order valence-electron chi connectivity index (χ4n) is 2.26. The van der Waals surface area contributed by atoms with E-state index in [1.165, 1.54) is 0 Å². The summed E-state index contributed by atoms with van der Waals surface area (Å²) in [4.78, 5) is 24.6. The number of amides is 1. The Bertz CT molecular complexity index is 445. The molecule has 0 bridgehead atoms. The van der Waals surface area contributed by atoms with E-state index in [2.05, 4.69) is 30.8 Å². The molecule has 20 heavy (non-hydrogen) atoms. The Morgan fingerprint density at radius 3 is 2.50 bits per heavy atom. The summed E-state index contributed by atoms with van der Waals surface area (Å²) in [7, 11) is 0. The zero-order chi connectivity index (χ0) is 14.5. The molecule has 0 unspecified atom stereocenters. The summed E-state index contributed by atoms with van der Waals surface area (Å²) < 4.78 is 0.862. The fraction of sp³-hybridized carbons (Fsp3) is 0.615. The van der Waals surface area contributed by atoms with Gasteiger partial charge in [-0.2, -0.15) is 0 Å². The van der Waals surface area contributed by atoms with Gasteiger partial charge in [0, 0.05) is 38.6 Å². The van der Waals surface area contributed by atoms with Gasteiger partial charge in [0.1, 0.15) is 0 Å². The van der Waals surface area contributed by atoms with Crippen molar-refractivity contribution in [1.29, 1.82) is 0 Å². The van der Waals surface area contributed by atoms with Crippen molar-refractivity contribution in [3.05, 3.63) is 16.9 Å². The van der Waals surface area contributed by atoms with Crippen LogP contribution < -0.4 is 10.6 Å². The smallest absolute Gasteiger partial charge is 0.239 e. The maximum Gasteiger partial charge on any atom is 0.239 e. The van der Waals surface area contributed by atoms with Gasteiger partial charge in [0.25, 0.3) is 0 Å². The fourth-order valence-corrected chi connectivity index (χ4v) is 2.47. The number of rotatable bonds is 4. The van der Waals surface area contributed by atoms with Crippen LogP contribution in [0.3, 0.4) is 0 Å². The molecule has 1 amide bonds. The third-order valence-corrected chi connectivity index (χ3v) is 3.81. The van der Waals surface area contributed by atoms with Crippen LogP contribution in [0, 0.1) is 0 Å². The average Bonchev–Trinajstić information content (AvgIpc) is 2.48. The van der Waals surface area contributed by atoms with Crippen LogP contribution in [0.1, 0.15) is 19.8 Å². The molecule has 1 aliphatic rings. The van der Waals surface area contributed by atoms with Crippen molar-refractivity contribution in [1.82, 2.24) is 14.9 Å². The normalized spacial score (nSPS) is 17.1. The van der Waals surface area contributed by atoms with E-state index in [4.69, 9.17) is 5.73 Å². The molecule has 0 spiro atoms. The Kier molecular flexibility index (Phi) is 5.31. The lowest BCUT2D eigenvalue weighted by atomic mass is 10.1. The van der Waals surface area contributed by atoms with Crippen molar-refractivity contribution >= 4 is 27.8 Å². The zero-order valence-corrected chi connectivity index (χ0v) is 13.2. The minimum atomic E-state index is -0.365. The van der Waals surface area contributed by atoms with Crippen LogP contribution in [-0.2, 0) is 4.79 Å². The number of hydrogen-bond acceptors (Lipinski definition) is 5. The highest BCUT2D eigenvalue weighted by molar-refractivity contribution is 9.10. The first-order chi connectivity index (χ1) is 9.61. The topological polar surface area (TPSA) is 75.4 Å². The van der Waals surface area contributed by atoms with Crippen LogP contribution in [0.5, 0.6) is 0 Å². The maximum atomic E-state index is 12.1. The average molecular weight is 342 g/mol. The summed E-state index contributed by atoms with van der Waals surface area (Å²) in [5, 5.41) is 0. The van der Waals surface area contributed by atoms with Crippen LogP contribution in [0.2, 0.25) is 0 Å². The molecule has 1 atom stereocenters. The monoisotopic (exact) mass is 341 g/mol. The van der Waals surface area contributed by atoms with Gasteiger partial charge in [-0.3, -0.25) is 4.79 Å². The minimum absolute atomic E-state index is 0.0585. The van der Waals surface area contributed by atoms with E-state index in [-0.39, 0.29) is 11.9 Å². The number of halogens is 1. The lowest BCUT2D eigenvalue weighted by Crippen LogP contribution is -2.53. The third-order valence-electron chi connectivity index (χ3n) is 3.40. The van der Waals surface area contributed by atoms with E-state index in [1.807, 2.05) is 11.8 Å². The highest BCUT2D eigenvalue weighted by atomic mass is 79.9. The van der Waals surface area contributed by atoms with E-state index in [0.29, 0.717) is 19.0 Å². The molecule has 6 nitrogen and oxygen atoms in total. The van der Waals surface area contributed by atoms with E-state index < -0.39 is 0 Å². The number of carbonyl (C=O) groups is 1. The lowest BCUT2D eigenvalue weighted by molar-refractivity contribution is -0.133. The van der Waals surface area contributed by atoms with E-state index in [9.17, 15) is 4.79 Å². The van der Waals surface area contributed by atoms with E-state index >= 15 is 0 Å². The molecule has 2 heterocycles. The van der Waals surface area contributed by atoms with Crippen LogP contribution in [0.4, 0.5) is 5.95 Å². The van der Waals surface area contributed by atoms with Crippen LogP contribution in [-0.4, -0.2) is 53.0 Å². The lowest BCUT2D eigenvalue weighted by Gasteiger charge is -2.35.